The third kappa shape index (κ3) is 1.48. The lowest BCUT2D eigenvalue weighted by molar-refractivity contribution is 0.638. The topological polar surface area (TPSA) is 32.9 Å². The molecule has 1 heterocycles. The zero-order chi connectivity index (χ0) is 11.3. The molecule has 2 aromatic rings. The number of nitrogens with one attached hydrogen (secondary N) is 1. The molecule has 3 rings (SSSR count). The number of benzene rings is 1. The highest BCUT2D eigenvalue weighted by Crippen LogP contribution is 2.39. The Morgan fingerprint density at radius 3 is 2.81 bits per heavy atom. The monoisotopic (exact) mass is 281 g/mol. The Labute approximate surface area is 99.6 Å². The van der Waals surface area contributed by atoms with Gasteiger partial charge in [0, 0.05) is 16.2 Å². The molecular weight excluding hydrogens is 273 g/mol. The molecule has 0 saturated heterocycles. The molecule has 0 unspecified atom stereocenters. The number of pyridine rings is 1. The summed E-state index contributed by atoms with van der Waals surface area (Å²) in [4.78, 5) is 15.0. The fourth-order valence-corrected chi connectivity index (χ4v) is 2.35. The molecule has 16 heavy (non-hydrogen) atoms. The summed E-state index contributed by atoms with van der Waals surface area (Å²) in [6, 6.07) is 4.44. The predicted octanol–water partition coefficient (Wildman–Crippen LogP) is 3.31. The first-order valence-corrected chi connectivity index (χ1v) is 5.97. The number of H-pyrrole nitrogens is 1. The van der Waals surface area contributed by atoms with E-state index >= 15 is 0 Å². The van der Waals surface area contributed by atoms with Crippen molar-refractivity contribution in [3.8, 4) is 0 Å². The zero-order valence-corrected chi connectivity index (χ0v) is 9.97. The van der Waals surface area contributed by atoms with Gasteiger partial charge < -0.3 is 4.98 Å². The maximum atomic E-state index is 13.5. The number of halogens is 2. The molecule has 1 saturated carbocycles. The highest BCUT2D eigenvalue weighted by molar-refractivity contribution is 9.10. The third-order valence-electron chi connectivity index (χ3n) is 2.92. The minimum Gasteiger partial charge on any atom is -0.357 e. The van der Waals surface area contributed by atoms with Crippen LogP contribution in [0.5, 0.6) is 0 Å². The molecule has 1 aliphatic carbocycles. The molecule has 4 heteroatoms. The van der Waals surface area contributed by atoms with E-state index in [1.807, 2.05) is 0 Å². The zero-order valence-electron chi connectivity index (χ0n) is 8.39. The van der Waals surface area contributed by atoms with Crippen LogP contribution in [0.2, 0.25) is 0 Å². The Kier molecular flexibility index (Phi) is 2.14. The molecule has 1 aromatic heterocycles. The van der Waals surface area contributed by atoms with Crippen molar-refractivity contribution in [2.45, 2.75) is 18.8 Å². The van der Waals surface area contributed by atoms with E-state index < -0.39 is 5.82 Å². The molecule has 0 radical (unpaired) electrons. The van der Waals surface area contributed by atoms with Crippen molar-refractivity contribution in [3.63, 3.8) is 0 Å². The maximum Gasteiger partial charge on any atom is 0.192 e. The van der Waals surface area contributed by atoms with E-state index in [1.54, 1.807) is 6.07 Å². The fraction of sp³-hybridized carbons (Fsp3) is 0.250. The van der Waals surface area contributed by atoms with E-state index in [1.165, 1.54) is 12.1 Å². The summed E-state index contributed by atoms with van der Waals surface area (Å²) in [5.74, 6) is -0.0194. The van der Waals surface area contributed by atoms with Crippen LogP contribution >= 0.6 is 15.9 Å². The lowest BCUT2D eigenvalue weighted by Gasteiger charge is -2.05. The van der Waals surface area contributed by atoms with Crippen molar-refractivity contribution >= 4 is 26.8 Å². The summed E-state index contributed by atoms with van der Waals surface area (Å²) in [6.07, 6.45) is 2.21. The third-order valence-corrected chi connectivity index (χ3v) is 3.58. The van der Waals surface area contributed by atoms with Gasteiger partial charge in [-0.25, -0.2) is 4.39 Å². The van der Waals surface area contributed by atoms with Crippen molar-refractivity contribution < 1.29 is 4.39 Å². The lowest BCUT2D eigenvalue weighted by Crippen LogP contribution is -2.06. The largest absolute Gasteiger partial charge is 0.357 e. The molecule has 0 aliphatic heterocycles. The lowest BCUT2D eigenvalue weighted by atomic mass is 10.1. The minimum absolute atomic E-state index is 0.138. The summed E-state index contributed by atoms with van der Waals surface area (Å²) in [5.41, 5.74) is 1.24. The normalized spacial score (nSPS) is 15.6. The van der Waals surface area contributed by atoms with Crippen molar-refractivity contribution in [2.75, 3.05) is 0 Å². The van der Waals surface area contributed by atoms with E-state index in [-0.39, 0.29) is 10.8 Å². The molecular formula is C12H9BrFNO. The Morgan fingerprint density at radius 1 is 1.38 bits per heavy atom. The first-order chi connectivity index (χ1) is 7.66. The van der Waals surface area contributed by atoms with Gasteiger partial charge in [-0.05, 0) is 46.8 Å². The van der Waals surface area contributed by atoms with Crippen molar-refractivity contribution in [1.29, 1.82) is 0 Å². The average molecular weight is 282 g/mol. The molecule has 1 fully saturated rings. The molecule has 2 nitrogen and oxygen atoms in total. The number of hydrogen-bond acceptors (Lipinski definition) is 1. The van der Waals surface area contributed by atoms with Gasteiger partial charge in [-0.3, -0.25) is 4.79 Å². The van der Waals surface area contributed by atoms with Crippen LogP contribution in [0.1, 0.15) is 24.5 Å². The van der Waals surface area contributed by atoms with Crippen molar-refractivity contribution in [1.82, 2.24) is 4.98 Å². The standard InChI is InChI=1S/C12H9BrFNO/c13-7-3-4-8(14)11-10(16)5-9(6-1-2-6)15-12(7)11/h3-6H,1-2H2,(H,15,16). The molecule has 0 amide bonds. The van der Waals surface area contributed by atoms with Gasteiger partial charge in [-0.15, -0.1) is 0 Å². The average Bonchev–Trinajstić information content (AvgIpc) is 3.06. The molecule has 0 atom stereocenters. The molecule has 1 aliphatic rings. The van der Waals surface area contributed by atoms with Crippen LogP contribution in [0.4, 0.5) is 4.39 Å². The van der Waals surface area contributed by atoms with Crippen molar-refractivity contribution in [2.24, 2.45) is 0 Å². The van der Waals surface area contributed by atoms with Gasteiger partial charge in [0.25, 0.3) is 0 Å². The van der Waals surface area contributed by atoms with Gasteiger partial charge >= 0.3 is 0 Å². The van der Waals surface area contributed by atoms with Gasteiger partial charge in [0.15, 0.2) is 5.43 Å². The smallest absolute Gasteiger partial charge is 0.192 e. The van der Waals surface area contributed by atoms with Crippen LogP contribution in [0.25, 0.3) is 10.9 Å². The molecule has 0 spiro atoms. The molecule has 1 aromatic carbocycles. The Hall–Kier alpha value is -1.16. The van der Waals surface area contributed by atoms with Crippen LogP contribution in [0.3, 0.4) is 0 Å². The summed E-state index contributed by atoms with van der Waals surface area (Å²) in [6.45, 7) is 0. The summed E-state index contributed by atoms with van der Waals surface area (Å²) >= 11 is 3.33. The van der Waals surface area contributed by atoms with Gasteiger partial charge in [0.1, 0.15) is 5.82 Å². The second-order valence-corrected chi connectivity index (χ2v) is 5.00. The van der Waals surface area contributed by atoms with Crippen LogP contribution in [-0.4, -0.2) is 4.98 Å². The maximum absolute atomic E-state index is 13.5. The summed E-state index contributed by atoms with van der Waals surface area (Å²) < 4.78 is 14.3. The predicted molar refractivity (Wildman–Crippen MR) is 64.2 cm³/mol. The number of hydrogen-bond donors (Lipinski definition) is 1. The van der Waals surface area contributed by atoms with E-state index in [2.05, 4.69) is 20.9 Å². The van der Waals surface area contributed by atoms with Crippen LogP contribution < -0.4 is 5.43 Å². The second kappa shape index (κ2) is 3.42. The number of rotatable bonds is 1. The Morgan fingerprint density at radius 2 is 2.12 bits per heavy atom. The highest BCUT2D eigenvalue weighted by Gasteiger charge is 2.25. The van der Waals surface area contributed by atoms with E-state index in [9.17, 15) is 9.18 Å². The van der Waals surface area contributed by atoms with E-state index in [4.69, 9.17) is 0 Å². The van der Waals surface area contributed by atoms with Gasteiger partial charge in [0.05, 0.1) is 10.9 Å². The Bertz CT molecular complexity index is 631. The Balaban J connectivity index is 2.41. The van der Waals surface area contributed by atoms with Crippen LogP contribution in [0, 0.1) is 5.82 Å². The van der Waals surface area contributed by atoms with Gasteiger partial charge in [0.2, 0.25) is 0 Å². The fourth-order valence-electron chi connectivity index (χ4n) is 1.92. The second-order valence-electron chi connectivity index (χ2n) is 4.14. The minimum atomic E-state index is -0.471. The van der Waals surface area contributed by atoms with Crippen LogP contribution in [-0.2, 0) is 0 Å². The molecule has 82 valence electrons. The quantitative estimate of drug-likeness (QED) is 0.855. The SMILES string of the molecule is O=c1cc(C2CC2)[nH]c2c(Br)ccc(F)c12. The van der Waals surface area contributed by atoms with Crippen LogP contribution in [0.15, 0.2) is 27.5 Å². The molecule has 1 N–H and O–H groups in total. The van der Waals surface area contributed by atoms with Gasteiger partial charge in [-0.2, -0.15) is 0 Å². The first kappa shape index (κ1) is 10.0. The molecule has 0 bridgehead atoms. The highest BCUT2D eigenvalue weighted by atomic mass is 79.9. The van der Waals surface area contributed by atoms with E-state index in [0.717, 1.165) is 23.0 Å². The first-order valence-electron chi connectivity index (χ1n) is 5.18. The van der Waals surface area contributed by atoms with Gasteiger partial charge in [-0.1, -0.05) is 0 Å². The number of fused-ring (bicyclic) bond motifs is 1. The number of aromatic amines is 1. The summed E-state index contributed by atoms with van der Waals surface area (Å²) in [7, 11) is 0. The number of aromatic nitrogens is 1. The van der Waals surface area contributed by atoms with Crippen molar-refractivity contribution in [3.05, 3.63) is 44.4 Å². The summed E-state index contributed by atoms with van der Waals surface area (Å²) in [5, 5.41) is 0.138. The van der Waals surface area contributed by atoms with E-state index in [0.29, 0.717) is 11.4 Å².